The first-order valence-electron chi connectivity index (χ1n) is 8.56. The number of alkyl halides is 3. The molecule has 0 spiro atoms. The van der Waals surface area contributed by atoms with Crippen molar-refractivity contribution in [2.75, 3.05) is 22.6 Å². The average molecular weight is 419 g/mol. The number of hydrogen-bond acceptors (Lipinski definition) is 6. The highest BCUT2D eigenvalue weighted by Crippen LogP contribution is 2.32. The van der Waals surface area contributed by atoms with E-state index in [-0.39, 0.29) is 29.4 Å². The molecule has 0 bridgehead atoms. The predicted molar refractivity (Wildman–Crippen MR) is 103 cm³/mol. The van der Waals surface area contributed by atoms with Crippen LogP contribution < -0.4 is 21.7 Å². The molecule has 2 amide bonds. The molecule has 1 aromatic heterocycles. The van der Waals surface area contributed by atoms with Crippen LogP contribution in [-0.4, -0.2) is 23.6 Å². The second-order valence-corrected chi connectivity index (χ2v) is 6.04. The minimum absolute atomic E-state index is 0.00617. The van der Waals surface area contributed by atoms with Crippen molar-refractivity contribution in [1.82, 2.24) is 5.16 Å². The van der Waals surface area contributed by atoms with Gasteiger partial charge in [0.25, 0.3) is 11.8 Å². The molecule has 30 heavy (non-hydrogen) atoms. The Morgan fingerprint density at radius 2 is 1.67 bits per heavy atom. The molecule has 3 rings (SSSR count). The number of carbonyl (C=O) groups is 2. The SMILES string of the molecule is NCNc1cc(C(=O)Nc2cccc(NC(=O)c3ccno3)c2)cc(C(F)(F)F)c1. The van der Waals surface area contributed by atoms with E-state index in [4.69, 9.17) is 10.3 Å². The molecule has 3 aromatic rings. The zero-order chi connectivity index (χ0) is 21.7. The molecule has 11 heteroatoms. The third-order valence-electron chi connectivity index (χ3n) is 3.87. The fraction of sp³-hybridized carbons (Fsp3) is 0.105. The minimum Gasteiger partial charge on any atom is -0.373 e. The molecule has 0 atom stereocenters. The summed E-state index contributed by atoms with van der Waals surface area (Å²) in [6.07, 6.45) is -3.32. The molecule has 0 fully saturated rings. The van der Waals surface area contributed by atoms with Crippen molar-refractivity contribution < 1.29 is 27.3 Å². The van der Waals surface area contributed by atoms with Gasteiger partial charge >= 0.3 is 6.18 Å². The molecule has 0 unspecified atom stereocenters. The predicted octanol–water partition coefficient (Wildman–Crippen LogP) is 3.53. The fourth-order valence-corrected chi connectivity index (χ4v) is 2.55. The summed E-state index contributed by atoms with van der Waals surface area (Å²) in [6, 6.07) is 10.3. The summed E-state index contributed by atoms with van der Waals surface area (Å²) in [5, 5.41) is 11.1. The van der Waals surface area contributed by atoms with Crippen LogP contribution in [0.3, 0.4) is 0 Å². The monoisotopic (exact) mass is 419 g/mol. The van der Waals surface area contributed by atoms with Crippen molar-refractivity contribution in [2.24, 2.45) is 5.73 Å². The summed E-state index contributed by atoms with van der Waals surface area (Å²) >= 11 is 0. The van der Waals surface area contributed by atoms with Crippen LogP contribution in [-0.2, 0) is 6.18 Å². The van der Waals surface area contributed by atoms with Crippen LogP contribution in [0.15, 0.2) is 59.3 Å². The summed E-state index contributed by atoms with van der Waals surface area (Å²) in [5.41, 5.74) is 4.79. The molecular weight excluding hydrogens is 403 g/mol. The molecule has 0 radical (unpaired) electrons. The highest BCUT2D eigenvalue weighted by atomic mass is 19.4. The summed E-state index contributed by atoms with van der Waals surface area (Å²) in [4.78, 5) is 24.5. The number of nitrogens with two attached hydrogens (primary N) is 1. The Kier molecular flexibility index (Phi) is 6.02. The van der Waals surface area contributed by atoms with E-state index in [1.54, 1.807) is 12.1 Å². The van der Waals surface area contributed by atoms with E-state index in [1.807, 2.05) is 0 Å². The van der Waals surface area contributed by atoms with Gasteiger partial charge in [0.15, 0.2) is 0 Å². The topological polar surface area (TPSA) is 122 Å². The Hall–Kier alpha value is -3.86. The maximum absolute atomic E-state index is 13.1. The van der Waals surface area contributed by atoms with Gasteiger partial charge in [-0.2, -0.15) is 13.2 Å². The van der Waals surface area contributed by atoms with Gasteiger partial charge in [-0.15, -0.1) is 0 Å². The number of benzene rings is 2. The maximum Gasteiger partial charge on any atom is 0.416 e. The lowest BCUT2D eigenvalue weighted by molar-refractivity contribution is -0.137. The zero-order valence-electron chi connectivity index (χ0n) is 15.3. The number of hydrogen-bond donors (Lipinski definition) is 4. The van der Waals surface area contributed by atoms with Gasteiger partial charge in [0.05, 0.1) is 18.4 Å². The molecule has 2 aromatic carbocycles. The molecule has 0 aliphatic rings. The highest BCUT2D eigenvalue weighted by molar-refractivity contribution is 6.06. The largest absolute Gasteiger partial charge is 0.416 e. The van der Waals surface area contributed by atoms with Crippen molar-refractivity contribution in [2.45, 2.75) is 6.18 Å². The van der Waals surface area contributed by atoms with E-state index in [0.717, 1.165) is 12.1 Å². The zero-order valence-corrected chi connectivity index (χ0v) is 15.3. The van der Waals surface area contributed by atoms with E-state index in [2.05, 4.69) is 21.1 Å². The second kappa shape index (κ2) is 8.66. The van der Waals surface area contributed by atoms with Crippen molar-refractivity contribution in [1.29, 1.82) is 0 Å². The van der Waals surface area contributed by atoms with Crippen LogP contribution in [0.2, 0.25) is 0 Å². The molecule has 5 N–H and O–H groups in total. The normalized spacial score (nSPS) is 11.1. The first kappa shape index (κ1) is 20.9. The number of aromatic nitrogens is 1. The van der Waals surface area contributed by atoms with E-state index in [9.17, 15) is 22.8 Å². The average Bonchev–Trinajstić information content (AvgIpc) is 3.22. The van der Waals surface area contributed by atoms with Crippen LogP contribution in [0, 0.1) is 0 Å². The van der Waals surface area contributed by atoms with Crippen molar-refractivity contribution in [3.8, 4) is 0 Å². The van der Waals surface area contributed by atoms with Crippen molar-refractivity contribution in [3.05, 3.63) is 71.6 Å². The first-order valence-corrected chi connectivity index (χ1v) is 8.56. The fourth-order valence-electron chi connectivity index (χ4n) is 2.55. The minimum atomic E-state index is -4.63. The number of anilines is 3. The molecule has 0 aliphatic carbocycles. The Balaban J connectivity index is 1.79. The smallest absolute Gasteiger partial charge is 0.373 e. The molecule has 0 aliphatic heterocycles. The second-order valence-electron chi connectivity index (χ2n) is 6.04. The van der Waals surface area contributed by atoms with Crippen LogP contribution in [0.4, 0.5) is 30.2 Å². The first-order chi connectivity index (χ1) is 14.3. The molecular formula is C19H16F3N5O3. The van der Waals surface area contributed by atoms with Gasteiger partial charge in [-0.1, -0.05) is 11.2 Å². The van der Waals surface area contributed by atoms with Crippen LogP contribution in [0.25, 0.3) is 0 Å². The van der Waals surface area contributed by atoms with Gasteiger partial charge in [-0.25, -0.2) is 0 Å². The summed E-state index contributed by atoms with van der Waals surface area (Å²) in [5.74, 6) is -1.32. The van der Waals surface area contributed by atoms with E-state index >= 15 is 0 Å². The van der Waals surface area contributed by atoms with Gasteiger partial charge in [0.1, 0.15) is 0 Å². The molecule has 1 heterocycles. The number of nitrogens with one attached hydrogen (secondary N) is 3. The molecule has 0 saturated carbocycles. The number of carbonyl (C=O) groups excluding carboxylic acids is 2. The van der Waals surface area contributed by atoms with E-state index < -0.39 is 23.6 Å². The summed E-state index contributed by atoms with van der Waals surface area (Å²) < 4.78 is 44.1. The van der Waals surface area contributed by atoms with Gasteiger partial charge < -0.3 is 26.2 Å². The van der Waals surface area contributed by atoms with Crippen molar-refractivity contribution >= 4 is 28.9 Å². The lowest BCUT2D eigenvalue weighted by atomic mass is 10.1. The maximum atomic E-state index is 13.1. The van der Waals surface area contributed by atoms with Crippen LogP contribution in [0.5, 0.6) is 0 Å². The third-order valence-corrected chi connectivity index (χ3v) is 3.87. The summed E-state index contributed by atoms with van der Waals surface area (Å²) in [7, 11) is 0. The lowest BCUT2D eigenvalue weighted by Gasteiger charge is -2.13. The van der Waals surface area contributed by atoms with Crippen molar-refractivity contribution in [3.63, 3.8) is 0 Å². The Morgan fingerprint density at radius 1 is 0.967 bits per heavy atom. The van der Waals surface area contributed by atoms with Gasteiger partial charge in [0, 0.05) is 28.7 Å². The van der Waals surface area contributed by atoms with Gasteiger partial charge in [-0.05, 0) is 36.4 Å². The van der Waals surface area contributed by atoms with Gasteiger partial charge in [0.2, 0.25) is 5.76 Å². The van der Waals surface area contributed by atoms with Crippen LogP contribution in [0.1, 0.15) is 26.5 Å². The van der Waals surface area contributed by atoms with E-state index in [1.165, 1.54) is 30.5 Å². The van der Waals surface area contributed by atoms with E-state index in [0.29, 0.717) is 5.69 Å². The standard InChI is InChI=1S/C19H16F3N5O3/c20-19(21,22)12-6-11(7-15(8-12)24-10-23)17(28)26-13-2-1-3-14(9-13)27-18(29)16-4-5-25-30-16/h1-9,24H,10,23H2,(H,26,28)(H,27,29). The number of halogens is 3. The number of nitrogens with zero attached hydrogens (tertiary/aromatic N) is 1. The molecule has 156 valence electrons. The number of rotatable bonds is 6. The Bertz CT molecular complexity index is 1050. The number of amides is 2. The molecule has 8 nitrogen and oxygen atoms in total. The quantitative estimate of drug-likeness (QED) is 0.454. The lowest BCUT2D eigenvalue weighted by Crippen LogP contribution is -2.17. The Labute approximate surface area is 168 Å². The summed E-state index contributed by atoms with van der Waals surface area (Å²) in [6.45, 7) is -0.102. The molecule has 0 saturated heterocycles. The van der Waals surface area contributed by atoms with Gasteiger partial charge in [-0.3, -0.25) is 9.59 Å². The highest BCUT2D eigenvalue weighted by Gasteiger charge is 2.31. The van der Waals surface area contributed by atoms with Crippen LogP contribution >= 0.6 is 0 Å². The third kappa shape index (κ3) is 5.14. The Morgan fingerprint density at radius 3 is 2.27 bits per heavy atom.